The minimum Gasteiger partial charge on any atom is -0.497 e. The molecule has 142 valence electrons. The van der Waals surface area contributed by atoms with E-state index < -0.39 is 5.92 Å². The summed E-state index contributed by atoms with van der Waals surface area (Å²) in [6, 6.07) is 12.4. The molecule has 0 saturated carbocycles. The van der Waals surface area contributed by atoms with Crippen molar-refractivity contribution in [1.82, 2.24) is 0 Å². The molecular formula is C20H22N2O5. The normalized spacial score (nSPS) is 16.2. The van der Waals surface area contributed by atoms with Gasteiger partial charge >= 0.3 is 0 Å². The number of carbonyl (C=O) groups excluding carboxylic acids is 2. The number of hydrogen-bond donors (Lipinski definition) is 1. The van der Waals surface area contributed by atoms with Crippen LogP contribution in [0.25, 0.3) is 0 Å². The number of amides is 2. The monoisotopic (exact) mass is 370 g/mol. The molecule has 1 fully saturated rings. The van der Waals surface area contributed by atoms with Crippen molar-refractivity contribution in [2.24, 2.45) is 5.92 Å². The number of methoxy groups -OCH3 is 3. The zero-order chi connectivity index (χ0) is 19.4. The summed E-state index contributed by atoms with van der Waals surface area (Å²) in [4.78, 5) is 26.8. The average Bonchev–Trinajstić information content (AvgIpc) is 3.09. The van der Waals surface area contributed by atoms with E-state index in [2.05, 4.69) is 5.32 Å². The van der Waals surface area contributed by atoms with Crippen LogP contribution in [0.4, 0.5) is 11.4 Å². The Labute approximate surface area is 157 Å². The standard InChI is InChI=1S/C20H22N2O5/c1-25-14-8-9-15(18(11-14)27-3)21-20(24)13-10-19(23)22(12-13)16-6-4-5-7-17(16)26-2/h4-9,11,13H,10,12H2,1-3H3,(H,21,24)/t13-/m1/s1. The molecule has 1 saturated heterocycles. The Morgan fingerprint density at radius 1 is 1.04 bits per heavy atom. The number of benzene rings is 2. The molecule has 3 rings (SSSR count). The van der Waals surface area contributed by atoms with Crippen LogP contribution in [0.1, 0.15) is 6.42 Å². The molecule has 2 aromatic carbocycles. The van der Waals surface area contributed by atoms with E-state index in [1.165, 1.54) is 7.11 Å². The first-order chi connectivity index (χ1) is 13.1. The number of nitrogens with zero attached hydrogens (tertiary/aromatic N) is 1. The number of anilines is 2. The van der Waals surface area contributed by atoms with Gasteiger partial charge in [0.25, 0.3) is 0 Å². The molecule has 27 heavy (non-hydrogen) atoms. The largest absolute Gasteiger partial charge is 0.497 e. The third kappa shape index (κ3) is 3.81. The minimum atomic E-state index is -0.464. The molecule has 0 aliphatic carbocycles. The van der Waals surface area contributed by atoms with E-state index in [0.29, 0.717) is 35.2 Å². The summed E-state index contributed by atoms with van der Waals surface area (Å²) < 4.78 is 15.8. The van der Waals surface area contributed by atoms with E-state index in [-0.39, 0.29) is 18.2 Å². The number of rotatable bonds is 6. The second-order valence-electron chi connectivity index (χ2n) is 6.13. The lowest BCUT2D eigenvalue weighted by molar-refractivity contribution is -0.122. The van der Waals surface area contributed by atoms with Crippen LogP contribution in [0.3, 0.4) is 0 Å². The van der Waals surface area contributed by atoms with Crippen LogP contribution in [-0.2, 0) is 9.59 Å². The lowest BCUT2D eigenvalue weighted by Crippen LogP contribution is -2.28. The fourth-order valence-corrected chi connectivity index (χ4v) is 3.11. The summed E-state index contributed by atoms with van der Waals surface area (Å²) in [6.07, 6.45) is 0.141. The second kappa shape index (κ2) is 7.99. The van der Waals surface area contributed by atoms with Crippen molar-refractivity contribution in [2.45, 2.75) is 6.42 Å². The summed E-state index contributed by atoms with van der Waals surface area (Å²) in [7, 11) is 4.63. The molecule has 0 bridgehead atoms. The number of hydrogen-bond acceptors (Lipinski definition) is 5. The van der Waals surface area contributed by atoms with Crippen molar-refractivity contribution in [2.75, 3.05) is 38.1 Å². The molecule has 0 spiro atoms. The highest BCUT2D eigenvalue weighted by atomic mass is 16.5. The Morgan fingerprint density at radius 2 is 1.78 bits per heavy atom. The zero-order valence-corrected chi connectivity index (χ0v) is 15.5. The van der Waals surface area contributed by atoms with Crippen molar-refractivity contribution < 1.29 is 23.8 Å². The summed E-state index contributed by atoms with van der Waals surface area (Å²) in [5.41, 5.74) is 1.20. The zero-order valence-electron chi connectivity index (χ0n) is 15.5. The molecule has 1 aliphatic rings. The number of para-hydroxylation sites is 2. The van der Waals surface area contributed by atoms with Gasteiger partial charge in [-0.25, -0.2) is 0 Å². The fourth-order valence-electron chi connectivity index (χ4n) is 3.11. The number of ether oxygens (including phenoxy) is 3. The van der Waals surface area contributed by atoms with Crippen LogP contribution in [0, 0.1) is 5.92 Å². The maximum Gasteiger partial charge on any atom is 0.229 e. The molecule has 1 atom stereocenters. The van der Waals surface area contributed by atoms with Crippen molar-refractivity contribution in [3.05, 3.63) is 42.5 Å². The van der Waals surface area contributed by atoms with Gasteiger partial charge in [0, 0.05) is 19.0 Å². The Kier molecular flexibility index (Phi) is 5.49. The van der Waals surface area contributed by atoms with E-state index in [0.717, 1.165) is 0 Å². The smallest absolute Gasteiger partial charge is 0.229 e. The number of carbonyl (C=O) groups is 2. The topological polar surface area (TPSA) is 77.1 Å². The number of nitrogens with one attached hydrogen (secondary N) is 1. The first-order valence-corrected chi connectivity index (χ1v) is 8.53. The minimum absolute atomic E-state index is 0.110. The third-order valence-corrected chi connectivity index (χ3v) is 4.54. The van der Waals surface area contributed by atoms with Crippen molar-refractivity contribution in [3.63, 3.8) is 0 Å². The Morgan fingerprint density at radius 3 is 2.48 bits per heavy atom. The van der Waals surface area contributed by atoms with E-state index in [4.69, 9.17) is 14.2 Å². The lowest BCUT2D eigenvalue weighted by atomic mass is 10.1. The van der Waals surface area contributed by atoms with E-state index in [1.807, 2.05) is 18.2 Å². The van der Waals surface area contributed by atoms with Gasteiger partial charge in [0.15, 0.2) is 0 Å². The Bertz CT molecular complexity index is 852. The SMILES string of the molecule is COc1ccc(NC(=O)[C@@H]2CC(=O)N(c3ccccc3OC)C2)c(OC)c1. The van der Waals surface area contributed by atoms with Gasteiger partial charge in [-0.3, -0.25) is 9.59 Å². The van der Waals surface area contributed by atoms with Crippen LogP contribution in [-0.4, -0.2) is 39.7 Å². The van der Waals surface area contributed by atoms with E-state index in [9.17, 15) is 9.59 Å². The van der Waals surface area contributed by atoms with Crippen molar-refractivity contribution >= 4 is 23.2 Å². The van der Waals surface area contributed by atoms with Gasteiger partial charge in [-0.2, -0.15) is 0 Å². The van der Waals surface area contributed by atoms with Gasteiger partial charge in [0.05, 0.1) is 38.6 Å². The molecule has 0 radical (unpaired) electrons. The van der Waals surface area contributed by atoms with Gasteiger partial charge in [-0.1, -0.05) is 12.1 Å². The van der Waals surface area contributed by atoms with Crippen LogP contribution < -0.4 is 24.4 Å². The van der Waals surface area contributed by atoms with Crippen LogP contribution in [0.2, 0.25) is 0 Å². The predicted octanol–water partition coefficient (Wildman–Crippen LogP) is 2.70. The lowest BCUT2D eigenvalue weighted by Gasteiger charge is -2.19. The van der Waals surface area contributed by atoms with Crippen LogP contribution >= 0.6 is 0 Å². The van der Waals surface area contributed by atoms with E-state index in [1.54, 1.807) is 43.4 Å². The van der Waals surface area contributed by atoms with Crippen molar-refractivity contribution in [3.8, 4) is 17.2 Å². The predicted molar refractivity (Wildman–Crippen MR) is 102 cm³/mol. The van der Waals surface area contributed by atoms with Crippen LogP contribution in [0.5, 0.6) is 17.2 Å². The van der Waals surface area contributed by atoms with Crippen LogP contribution in [0.15, 0.2) is 42.5 Å². The Hall–Kier alpha value is -3.22. The summed E-state index contributed by atoms with van der Waals surface area (Å²) >= 11 is 0. The molecular weight excluding hydrogens is 348 g/mol. The third-order valence-electron chi connectivity index (χ3n) is 4.54. The quantitative estimate of drug-likeness (QED) is 0.846. The molecule has 2 aromatic rings. The molecule has 1 aliphatic heterocycles. The molecule has 7 nitrogen and oxygen atoms in total. The molecule has 7 heteroatoms. The highest BCUT2D eigenvalue weighted by molar-refractivity contribution is 6.04. The average molecular weight is 370 g/mol. The summed E-state index contributed by atoms with van der Waals surface area (Å²) in [6.45, 7) is 0.295. The maximum atomic E-state index is 12.7. The van der Waals surface area contributed by atoms with Gasteiger partial charge in [0.2, 0.25) is 11.8 Å². The summed E-state index contributed by atoms with van der Waals surface area (Å²) in [5, 5.41) is 2.85. The Balaban J connectivity index is 1.75. The van der Waals surface area contributed by atoms with Gasteiger partial charge in [0.1, 0.15) is 17.2 Å². The van der Waals surface area contributed by atoms with Gasteiger partial charge in [-0.15, -0.1) is 0 Å². The molecule has 1 N–H and O–H groups in total. The molecule has 2 amide bonds. The van der Waals surface area contributed by atoms with E-state index >= 15 is 0 Å². The van der Waals surface area contributed by atoms with Gasteiger partial charge in [-0.05, 0) is 24.3 Å². The highest BCUT2D eigenvalue weighted by Crippen LogP contribution is 2.34. The second-order valence-corrected chi connectivity index (χ2v) is 6.13. The van der Waals surface area contributed by atoms with Gasteiger partial charge < -0.3 is 24.4 Å². The summed E-state index contributed by atoms with van der Waals surface area (Å²) in [5.74, 6) is 0.917. The van der Waals surface area contributed by atoms with Crippen molar-refractivity contribution in [1.29, 1.82) is 0 Å². The maximum absolute atomic E-state index is 12.7. The first-order valence-electron chi connectivity index (χ1n) is 8.53. The fraction of sp³-hybridized carbons (Fsp3) is 0.300. The molecule has 0 unspecified atom stereocenters. The highest BCUT2D eigenvalue weighted by Gasteiger charge is 2.36. The molecule has 1 heterocycles. The first kappa shape index (κ1) is 18.6. The molecule has 0 aromatic heterocycles.